The normalized spacial score (nSPS) is 14.3. The van der Waals surface area contributed by atoms with Crippen molar-refractivity contribution < 1.29 is 19.2 Å². The number of ether oxygens (including phenoxy) is 2. The summed E-state index contributed by atoms with van der Waals surface area (Å²) in [7, 11) is 3.10. The Balaban J connectivity index is 1.61. The second kappa shape index (κ2) is 10.1. The number of carbonyl (C=O) groups is 1. The number of allylic oxidation sites excluding steroid dienone is 1. The predicted octanol–water partition coefficient (Wildman–Crippen LogP) is 4.80. The van der Waals surface area contributed by atoms with Gasteiger partial charge in [-0.05, 0) is 37.3 Å². The number of amides is 1. The Kier molecular flexibility index (Phi) is 6.48. The fraction of sp³-hybridized carbons (Fsp3) is 0.148. The minimum atomic E-state index is -0.684. The third-order valence-corrected chi connectivity index (χ3v) is 6.22. The molecule has 1 amide bonds. The standard InChI is InChI=1S/C27H24N6O5/c1-16-23(26(34)29-20-9-5-7-11-22(20)38-3)24(19-8-4-6-10-21(19)37-2)32-27(28-16)30-25(31-32)17-12-14-18(15-13-17)33(35)36/h4-15,24H,1-3H3,(H,29,34)(H,28,30,31). The number of nitro benzene ring substituents is 1. The first-order valence-corrected chi connectivity index (χ1v) is 11.7. The van der Waals surface area contributed by atoms with Crippen molar-refractivity contribution >= 4 is 23.2 Å². The smallest absolute Gasteiger partial charge is 0.269 e. The molecular weight excluding hydrogens is 488 g/mol. The number of nitrogens with one attached hydrogen (secondary N) is 2. The Labute approximate surface area is 217 Å². The van der Waals surface area contributed by atoms with E-state index in [1.807, 2.05) is 36.4 Å². The van der Waals surface area contributed by atoms with Crippen molar-refractivity contribution in [3.8, 4) is 22.9 Å². The van der Waals surface area contributed by atoms with Crippen LogP contribution in [0.25, 0.3) is 11.4 Å². The lowest BCUT2D eigenvalue weighted by Gasteiger charge is -2.29. The van der Waals surface area contributed by atoms with Crippen LogP contribution in [0.5, 0.6) is 11.5 Å². The monoisotopic (exact) mass is 512 g/mol. The Morgan fingerprint density at radius 1 is 1.00 bits per heavy atom. The third-order valence-electron chi connectivity index (χ3n) is 6.22. The van der Waals surface area contributed by atoms with Gasteiger partial charge in [-0.2, -0.15) is 4.98 Å². The van der Waals surface area contributed by atoms with Gasteiger partial charge in [0.1, 0.15) is 17.5 Å². The molecule has 5 rings (SSSR count). The molecule has 1 unspecified atom stereocenters. The molecule has 0 spiro atoms. The molecule has 2 heterocycles. The van der Waals surface area contributed by atoms with E-state index in [-0.39, 0.29) is 11.6 Å². The molecule has 1 atom stereocenters. The number of aromatic nitrogens is 3. The van der Waals surface area contributed by atoms with E-state index in [9.17, 15) is 14.9 Å². The predicted molar refractivity (Wildman–Crippen MR) is 141 cm³/mol. The average Bonchev–Trinajstić information content (AvgIpc) is 3.36. The van der Waals surface area contributed by atoms with E-state index in [2.05, 4.69) is 15.6 Å². The molecule has 0 radical (unpaired) electrons. The molecule has 1 aromatic heterocycles. The van der Waals surface area contributed by atoms with Crippen LogP contribution in [0.4, 0.5) is 17.3 Å². The number of nitro groups is 1. The molecule has 38 heavy (non-hydrogen) atoms. The zero-order valence-corrected chi connectivity index (χ0v) is 20.8. The van der Waals surface area contributed by atoms with Gasteiger partial charge in [-0.1, -0.05) is 30.3 Å². The number of non-ortho nitro benzene ring substituents is 1. The summed E-state index contributed by atoms with van der Waals surface area (Å²) in [6.45, 7) is 1.79. The molecule has 11 heteroatoms. The maximum atomic E-state index is 13.8. The number of methoxy groups -OCH3 is 2. The van der Waals surface area contributed by atoms with Gasteiger partial charge in [0.15, 0.2) is 5.82 Å². The molecule has 0 bridgehead atoms. The summed E-state index contributed by atoms with van der Waals surface area (Å²) >= 11 is 0. The molecule has 11 nitrogen and oxygen atoms in total. The van der Waals surface area contributed by atoms with Gasteiger partial charge in [-0.3, -0.25) is 14.9 Å². The number of carbonyl (C=O) groups excluding carboxylic acids is 1. The van der Waals surface area contributed by atoms with Crippen molar-refractivity contribution in [2.75, 3.05) is 24.9 Å². The number of fused-ring (bicyclic) bond motifs is 1. The second-order valence-corrected chi connectivity index (χ2v) is 8.47. The van der Waals surface area contributed by atoms with Crippen LogP contribution in [-0.2, 0) is 4.79 Å². The van der Waals surface area contributed by atoms with Gasteiger partial charge in [0.05, 0.1) is 30.4 Å². The van der Waals surface area contributed by atoms with Crippen LogP contribution in [0, 0.1) is 10.1 Å². The molecule has 2 N–H and O–H groups in total. The molecule has 0 aliphatic carbocycles. The summed E-state index contributed by atoms with van der Waals surface area (Å²) in [6, 6.07) is 19.8. The largest absolute Gasteiger partial charge is 0.496 e. The van der Waals surface area contributed by atoms with Crippen LogP contribution < -0.4 is 20.1 Å². The molecule has 0 saturated carbocycles. The maximum Gasteiger partial charge on any atom is 0.269 e. The molecule has 0 saturated heterocycles. The first-order valence-electron chi connectivity index (χ1n) is 11.7. The van der Waals surface area contributed by atoms with Crippen molar-refractivity contribution in [1.29, 1.82) is 0 Å². The number of benzene rings is 3. The van der Waals surface area contributed by atoms with Crippen LogP contribution >= 0.6 is 0 Å². The summed E-state index contributed by atoms with van der Waals surface area (Å²) < 4.78 is 12.7. The quantitative estimate of drug-likeness (QED) is 0.267. The van der Waals surface area contributed by atoms with Gasteiger partial charge in [-0.25, -0.2) is 4.68 Å². The van der Waals surface area contributed by atoms with Gasteiger partial charge >= 0.3 is 0 Å². The number of hydrogen-bond acceptors (Lipinski definition) is 8. The van der Waals surface area contributed by atoms with Crippen LogP contribution in [0.1, 0.15) is 18.5 Å². The SMILES string of the molecule is COc1ccccc1NC(=O)C1=C(C)Nc2nc(-c3ccc([N+](=O)[O-])cc3)nn2C1c1ccccc1OC. The fourth-order valence-electron chi connectivity index (χ4n) is 4.42. The Morgan fingerprint density at radius 3 is 2.34 bits per heavy atom. The number of nitrogens with zero attached hydrogens (tertiary/aromatic N) is 4. The van der Waals surface area contributed by atoms with Crippen LogP contribution in [0.2, 0.25) is 0 Å². The lowest BCUT2D eigenvalue weighted by atomic mass is 9.94. The van der Waals surface area contributed by atoms with Gasteiger partial charge in [0, 0.05) is 29.0 Å². The number of para-hydroxylation sites is 3. The lowest BCUT2D eigenvalue weighted by molar-refractivity contribution is -0.384. The zero-order chi connectivity index (χ0) is 26.8. The minimum Gasteiger partial charge on any atom is -0.496 e. The van der Waals surface area contributed by atoms with Crippen molar-refractivity contribution in [3.05, 3.63) is 99.7 Å². The highest BCUT2D eigenvalue weighted by Gasteiger charge is 2.36. The highest BCUT2D eigenvalue weighted by molar-refractivity contribution is 6.06. The molecule has 0 fully saturated rings. The summed E-state index contributed by atoms with van der Waals surface area (Å²) in [5, 5.41) is 21.9. The van der Waals surface area contributed by atoms with Crippen molar-refractivity contribution in [3.63, 3.8) is 0 Å². The van der Waals surface area contributed by atoms with Gasteiger partial charge < -0.3 is 20.1 Å². The Bertz CT molecular complexity index is 1560. The van der Waals surface area contributed by atoms with E-state index in [4.69, 9.17) is 14.6 Å². The highest BCUT2D eigenvalue weighted by Crippen LogP contribution is 2.40. The lowest BCUT2D eigenvalue weighted by Crippen LogP contribution is -2.31. The molecule has 3 aromatic carbocycles. The molecule has 4 aromatic rings. The molecule has 1 aliphatic rings. The Morgan fingerprint density at radius 2 is 1.66 bits per heavy atom. The van der Waals surface area contributed by atoms with E-state index >= 15 is 0 Å². The number of hydrogen-bond donors (Lipinski definition) is 2. The zero-order valence-electron chi connectivity index (χ0n) is 20.8. The fourth-order valence-corrected chi connectivity index (χ4v) is 4.42. The van der Waals surface area contributed by atoms with Crippen molar-refractivity contribution in [1.82, 2.24) is 14.8 Å². The van der Waals surface area contributed by atoms with Crippen LogP contribution in [0.15, 0.2) is 84.1 Å². The summed E-state index contributed by atoms with van der Waals surface area (Å²) in [6.07, 6.45) is 0. The van der Waals surface area contributed by atoms with E-state index in [0.717, 1.165) is 0 Å². The van der Waals surface area contributed by atoms with Crippen LogP contribution in [0.3, 0.4) is 0 Å². The molecule has 192 valence electrons. The summed E-state index contributed by atoms with van der Waals surface area (Å²) in [4.78, 5) is 29.0. The Hall–Kier alpha value is -5.19. The van der Waals surface area contributed by atoms with Gasteiger partial charge in [0.25, 0.3) is 11.6 Å². The summed E-state index contributed by atoms with van der Waals surface area (Å²) in [5.41, 5.74) is 2.79. The van der Waals surface area contributed by atoms with Crippen molar-refractivity contribution in [2.24, 2.45) is 0 Å². The number of rotatable bonds is 7. The summed E-state index contributed by atoms with van der Waals surface area (Å²) in [5.74, 6) is 1.52. The maximum absolute atomic E-state index is 13.8. The van der Waals surface area contributed by atoms with Crippen LogP contribution in [-0.4, -0.2) is 39.8 Å². The van der Waals surface area contributed by atoms with Gasteiger partial charge in [0.2, 0.25) is 5.95 Å². The topological polar surface area (TPSA) is 133 Å². The first-order chi connectivity index (χ1) is 18.4. The average molecular weight is 513 g/mol. The molecule has 1 aliphatic heterocycles. The van der Waals surface area contributed by atoms with E-state index in [1.165, 1.54) is 19.2 Å². The van der Waals surface area contributed by atoms with E-state index < -0.39 is 11.0 Å². The first kappa shape index (κ1) is 24.5. The van der Waals surface area contributed by atoms with E-state index in [0.29, 0.717) is 51.4 Å². The minimum absolute atomic E-state index is 0.0319. The third kappa shape index (κ3) is 4.41. The molecular formula is C27H24N6O5. The van der Waals surface area contributed by atoms with Crippen molar-refractivity contribution in [2.45, 2.75) is 13.0 Å². The highest BCUT2D eigenvalue weighted by atomic mass is 16.6. The number of anilines is 2. The second-order valence-electron chi connectivity index (χ2n) is 8.47. The van der Waals surface area contributed by atoms with E-state index in [1.54, 1.807) is 43.0 Å². The van der Waals surface area contributed by atoms with Gasteiger partial charge in [-0.15, -0.1) is 5.10 Å².